The molecular formula is C33H37ClO2. The molecule has 2 nitrogen and oxygen atoms in total. The van der Waals surface area contributed by atoms with Gasteiger partial charge in [0.1, 0.15) is 0 Å². The number of carboxylic acids is 1. The maximum atomic E-state index is 11.6. The van der Waals surface area contributed by atoms with Gasteiger partial charge in [0.05, 0.1) is 5.56 Å². The molecule has 1 unspecified atom stereocenters. The normalized spacial score (nSPS) is 17.1. The number of benzene rings is 3. The molecule has 0 saturated heterocycles. The van der Waals surface area contributed by atoms with Gasteiger partial charge in [-0.05, 0) is 88.1 Å². The number of aromatic carboxylic acids is 1. The van der Waals surface area contributed by atoms with Crippen molar-refractivity contribution in [1.29, 1.82) is 0 Å². The van der Waals surface area contributed by atoms with Gasteiger partial charge in [0.25, 0.3) is 0 Å². The molecule has 1 N–H and O–H groups in total. The minimum Gasteiger partial charge on any atom is -0.478 e. The lowest BCUT2D eigenvalue weighted by Crippen LogP contribution is -2.34. The van der Waals surface area contributed by atoms with E-state index in [2.05, 4.69) is 70.2 Å². The van der Waals surface area contributed by atoms with Crippen molar-refractivity contribution < 1.29 is 9.90 Å². The fraction of sp³-hybridized carbons (Fsp3) is 0.364. The second-order valence-electron chi connectivity index (χ2n) is 11.4. The number of rotatable bonds is 7. The predicted octanol–water partition coefficient (Wildman–Crippen LogP) is 8.99. The molecule has 0 heterocycles. The smallest absolute Gasteiger partial charge is 0.335 e. The molecule has 1 aliphatic rings. The third-order valence-electron chi connectivity index (χ3n) is 7.94. The molecular weight excluding hydrogens is 464 g/mol. The summed E-state index contributed by atoms with van der Waals surface area (Å²) in [6.45, 7) is 11.4. The topological polar surface area (TPSA) is 37.3 Å². The van der Waals surface area contributed by atoms with Crippen LogP contribution in [-0.2, 0) is 23.7 Å². The lowest BCUT2D eigenvalue weighted by molar-refractivity contribution is 0.0695. The molecule has 0 fully saturated rings. The van der Waals surface area contributed by atoms with E-state index in [4.69, 9.17) is 11.6 Å². The first-order valence-electron chi connectivity index (χ1n) is 12.9. The summed E-state index contributed by atoms with van der Waals surface area (Å²) >= 11 is 6.15. The van der Waals surface area contributed by atoms with Crippen molar-refractivity contribution in [2.75, 3.05) is 0 Å². The molecule has 4 rings (SSSR count). The molecule has 0 bridgehead atoms. The van der Waals surface area contributed by atoms with Crippen LogP contribution < -0.4 is 0 Å². The number of hydrogen-bond donors (Lipinski definition) is 1. The predicted molar refractivity (Wildman–Crippen MR) is 151 cm³/mol. The summed E-state index contributed by atoms with van der Waals surface area (Å²) in [7, 11) is 0. The van der Waals surface area contributed by atoms with Gasteiger partial charge < -0.3 is 5.11 Å². The molecule has 0 saturated carbocycles. The zero-order valence-electron chi connectivity index (χ0n) is 22.1. The molecule has 3 aromatic rings. The summed E-state index contributed by atoms with van der Waals surface area (Å²) in [6, 6.07) is 20.8. The van der Waals surface area contributed by atoms with Crippen LogP contribution >= 0.6 is 11.6 Å². The fourth-order valence-electron chi connectivity index (χ4n) is 5.45. The maximum absolute atomic E-state index is 11.6. The molecule has 0 aliphatic heterocycles. The van der Waals surface area contributed by atoms with Gasteiger partial charge in [0.2, 0.25) is 0 Å². The van der Waals surface area contributed by atoms with Gasteiger partial charge in [0, 0.05) is 10.9 Å². The van der Waals surface area contributed by atoms with Crippen LogP contribution in [0.25, 0.3) is 6.08 Å². The molecule has 0 aromatic heterocycles. The largest absolute Gasteiger partial charge is 0.478 e. The average Bonchev–Trinajstić information content (AvgIpc) is 2.85. The van der Waals surface area contributed by atoms with E-state index in [1.807, 2.05) is 31.2 Å². The van der Waals surface area contributed by atoms with Crippen molar-refractivity contribution in [1.82, 2.24) is 0 Å². The molecule has 0 spiro atoms. The van der Waals surface area contributed by atoms with Gasteiger partial charge in [0.15, 0.2) is 0 Å². The minimum absolute atomic E-state index is 0.151. The van der Waals surface area contributed by atoms with Crippen LogP contribution in [0.5, 0.6) is 0 Å². The Morgan fingerprint density at radius 2 is 1.61 bits per heavy atom. The highest BCUT2D eigenvalue weighted by Gasteiger charge is 2.37. The van der Waals surface area contributed by atoms with Crippen molar-refractivity contribution in [2.45, 2.75) is 77.0 Å². The van der Waals surface area contributed by atoms with Crippen molar-refractivity contribution in [2.24, 2.45) is 0 Å². The van der Waals surface area contributed by atoms with Crippen molar-refractivity contribution in [3.8, 4) is 0 Å². The monoisotopic (exact) mass is 500 g/mol. The number of aryl methyl sites for hydroxylation is 1. The van der Waals surface area contributed by atoms with Crippen LogP contribution in [0.4, 0.5) is 0 Å². The van der Waals surface area contributed by atoms with E-state index >= 15 is 0 Å². The van der Waals surface area contributed by atoms with Crippen LogP contribution in [-0.4, -0.2) is 11.1 Å². The first-order chi connectivity index (χ1) is 17.0. The number of hydrogen-bond acceptors (Lipinski definition) is 1. The summed E-state index contributed by atoms with van der Waals surface area (Å²) < 4.78 is 0. The molecule has 0 radical (unpaired) electrons. The lowest BCUT2D eigenvalue weighted by atomic mass is 9.62. The van der Waals surface area contributed by atoms with Crippen molar-refractivity contribution in [3.63, 3.8) is 0 Å². The second-order valence-corrected chi connectivity index (χ2v) is 11.9. The number of allylic oxidation sites excluding steroid dienone is 1. The summed E-state index contributed by atoms with van der Waals surface area (Å²) in [4.78, 5) is 11.6. The van der Waals surface area contributed by atoms with E-state index in [0.29, 0.717) is 12.0 Å². The lowest BCUT2D eigenvalue weighted by Gasteiger charge is -2.42. The van der Waals surface area contributed by atoms with E-state index in [9.17, 15) is 9.90 Å². The van der Waals surface area contributed by atoms with Crippen LogP contribution in [0.2, 0.25) is 5.02 Å². The Hall–Kier alpha value is -2.84. The zero-order chi connectivity index (χ0) is 26.1. The molecule has 3 heteroatoms. The quantitative estimate of drug-likeness (QED) is 0.351. The summed E-state index contributed by atoms with van der Waals surface area (Å²) in [5, 5.41) is 10.2. The first-order valence-corrected chi connectivity index (χ1v) is 13.3. The van der Waals surface area contributed by atoms with Crippen molar-refractivity contribution >= 4 is 23.6 Å². The molecule has 188 valence electrons. The fourth-order valence-corrected chi connectivity index (χ4v) is 5.58. The summed E-state index contributed by atoms with van der Waals surface area (Å²) in [5.41, 5.74) is 8.08. The van der Waals surface area contributed by atoms with Gasteiger partial charge in [-0.25, -0.2) is 4.79 Å². The highest BCUT2D eigenvalue weighted by Crippen LogP contribution is 2.46. The van der Waals surface area contributed by atoms with Crippen LogP contribution in [0.1, 0.15) is 97.1 Å². The van der Waals surface area contributed by atoms with Crippen molar-refractivity contribution in [3.05, 3.63) is 111 Å². The Bertz CT molecular complexity index is 1280. The molecule has 3 aromatic carbocycles. The first kappa shape index (κ1) is 26.2. The van der Waals surface area contributed by atoms with Gasteiger partial charge in [-0.2, -0.15) is 0 Å². The molecule has 1 aliphatic carbocycles. The van der Waals surface area contributed by atoms with Crippen LogP contribution in [0.3, 0.4) is 0 Å². The highest BCUT2D eigenvalue weighted by atomic mass is 35.5. The van der Waals surface area contributed by atoms with Crippen LogP contribution in [0, 0.1) is 0 Å². The number of halogens is 1. The van der Waals surface area contributed by atoms with E-state index in [1.165, 1.54) is 35.1 Å². The summed E-state index contributed by atoms with van der Waals surface area (Å²) in [5.74, 6) is -0.691. The zero-order valence-corrected chi connectivity index (χ0v) is 22.8. The SMILES string of the molecule is CCc1cc(/C=C/C(Cc2ccc(Cl)cc2)c2ccc3c(c2)C(C)(C)CCC3(C)C)ccc1C(=O)O. The molecule has 36 heavy (non-hydrogen) atoms. The Balaban J connectivity index is 1.75. The van der Waals surface area contributed by atoms with E-state index in [1.54, 1.807) is 6.07 Å². The Kier molecular flexibility index (Phi) is 7.48. The Labute approximate surface area is 221 Å². The van der Waals surface area contributed by atoms with Gasteiger partial charge >= 0.3 is 5.97 Å². The average molecular weight is 501 g/mol. The second kappa shape index (κ2) is 10.3. The van der Waals surface area contributed by atoms with Gasteiger partial charge in [-0.15, -0.1) is 0 Å². The molecule has 1 atom stereocenters. The number of fused-ring (bicyclic) bond motifs is 1. The van der Waals surface area contributed by atoms with E-state index in [-0.39, 0.29) is 16.7 Å². The Morgan fingerprint density at radius 1 is 0.944 bits per heavy atom. The van der Waals surface area contributed by atoms with Gasteiger partial charge in [-0.1, -0.05) is 101 Å². The highest BCUT2D eigenvalue weighted by molar-refractivity contribution is 6.30. The molecule has 0 amide bonds. The summed E-state index contributed by atoms with van der Waals surface area (Å²) in [6.07, 6.45) is 8.35. The maximum Gasteiger partial charge on any atom is 0.335 e. The van der Waals surface area contributed by atoms with Crippen LogP contribution in [0.15, 0.2) is 66.7 Å². The van der Waals surface area contributed by atoms with E-state index in [0.717, 1.165) is 22.6 Å². The third kappa shape index (κ3) is 5.60. The Morgan fingerprint density at radius 3 is 2.25 bits per heavy atom. The number of carboxylic acid groups (broad SMARTS) is 1. The standard InChI is InChI=1S/C33H37ClO2/c1-6-24-19-22(10-15-28(24)31(35)36)7-11-25(20-23-8-13-27(34)14-9-23)26-12-16-29-30(21-26)33(4,5)18-17-32(29,2)3/h7-16,19,21,25H,6,17-18,20H2,1-5H3,(H,35,36)/b11-7+. The van der Waals surface area contributed by atoms with Gasteiger partial charge in [-0.3, -0.25) is 0 Å². The minimum atomic E-state index is -0.873. The number of carbonyl (C=O) groups is 1. The van der Waals surface area contributed by atoms with E-state index < -0.39 is 5.97 Å². The third-order valence-corrected chi connectivity index (χ3v) is 8.19.